The largest absolute Gasteiger partial charge is 0.381 e. The third-order valence-corrected chi connectivity index (χ3v) is 7.25. The minimum Gasteiger partial charge on any atom is -0.381 e. The molecule has 0 aliphatic carbocycles. The number of anilines is 2. The molecule has 1 fully saturated rings. The van der Waals surface area contributed by atoms with Crippen molar-refractivity contribution in [2.45, 2.75) is 44.8 Å². The number of ether oxygens (including phenoxy) is 1. The highest BCUT2D eigenvalue weighted by molar-refractivity contribution is 6.05. The van der Waals surface area contributed by atoms with Crippen LogP contribution in [0.15, 0.2) is 36.9 Å². The summed E-state index contributed by atoms with van der Waals surface area (Å²) in [4.78, 5) is 41.8. The number of benzene rings is 1. The van der Waals surface area contributed by atoms with Gasteiger partial charge in [-0.1, -0.05) is 6.58 Å². The highest BCUT2D eigenvalue weighted by atomic mass is 16.5. The number of aromatic nitrogens is 2. The number of carbonyl (C=O) groups is 3. The van der Waals surface area contributed by atoms with E-state index in [1.54, 1.807) is 29.2 Å². The van der Waals surface area contributed by atoms with Gasteiger partial charge >= 0.3 is 6.03 Å². The van der Waals surface area contributed by atoms with Crippen molar-refractivity contribution < 1.29 is 19.1 Å². The molecule has 0 radical (unpaired) electrons. The predicted molar refractivity (Wildman–Crippen MR) is 145 cm³/mol. The number of rotatable bonds is 8. The summed E-state index contributed by atoms with van der Waals surface area (Å²) in [6.07, 6.45) is 3.02. The molecule has 2 aliphatic rings. The van der Waals surface area contributed by atoms with Crippen molar-refractivity contribution in [2.75, 3.05) is 44.5 Å². The molecule has 1 atom stereocenters. The van der Waals surface area contributed by atoms with Crippen molar-refractivity contribution in [3.63, 3.8) is 0 Å². The van der Waals surface area contributed by atoms with Crippen molar-refractivity contribution >= 4 is 29.4 Å². The Bertz CT molecular complexity index is 1180. The van der Waals surface area contributed by atoms with E-state index < -0.39 is 5.54 Å². The molecule has 204 valence electrons. The minimum absolute atomic E-state index is 0.00711. The summed E-state index contributed by atoms with van der Waals surface area (Å²) in [5.41, 5.74) is 1.90. The van der Waals surface area contributed by atoms with Gasteiger partial charge in [0, 0.05) is 42.6 Å². The molecule has 1 aromatic heterocycles. The van der Waals surface area contributed by atoms with Crippen LogP contribution in [0.1, 0.15) is 48.3 Å². The van der Waals surface area contributed by atoms with Crippen LogP contribution in [0.2, 0.25) is 0 Å². The lowest BCUT2D eigenvalue weighted by Crippen LogP contribution is -2.54. The molecule has 4 N–H and O–H groups in total. The molecule has 4 rings (SSSR count). The number of nitrogens with zero attached hydrogens (tertiary/aromatic N) is 3. The van der Waals surface area contributed by atoms with Crippen molar-refractivity contribution in [1.29, 1.82) is 0 Å². The molecule has 0 spiro atoms. The number of urea groups is 1. The van der Waals surface area contributed by atoms with E-state index in [4.69, 9.17) is 4.74 Å². The van der Waals surface area contributed by atoms with Gasteiger partial charge in [-0.05, 0) is 77.0 Å². The molecular formula is C27H37N7O4. The zero-order valence-electron chi connectivity index (χ0n) is 22.5. The van der Waals surface area contributed by atoms with Gasteiger partial charge in [0.05, 0.1) is 17.8 Å². The molecule has 0 unspecified atom stereocenters. The molecule has 1 aromatic carbocycles. The van der Waals surface area contributed by atoms with Gasteiger partial charge in [0.25, 0.3) is 5.91 Å². The summed E-state index contributed by atoms with van der Waals surface area (Å²) >= 11 is 0. The number of likely N-dealkylation sites (N-methyl/N-ethyl adjacent to an activating group) is 1. The normalized spacial score (nSPS) is 17.6. The monoisotopic (exact) mass is 523 g/mol. The standard InChI is InChI=1S/C27H37N7O4/c1-6-22(35)28-19-9-7-18(8-10-19)25(36)30-24-20-15-34(27(2,3)23(20)31-32-24)26(37)29-21(16-33(4)5)17-11-13-38-14-12-17/h6-10,17,21H,1,11-16H2,2-5H3,(H,28,35)(H,29,37)(H2,30,31,32,36)/t21-/m1/s1. The topological polar surface area (TPSA) is 132 Å². The van der Waals surface area contributed by atoms with E-state index in [0.717, 1.165) is 30.6 Å². The predicted octanol–water partition coefficient (Wildman–Crippen LogP) is 2.90. The lowest BCUT2D eigenvalue weighted by molar-refractivity contribution is -0.111. The molecule has 4 amide bonds. The first-order valence-electron chi connectivity index (χ1n) is 12.8. The maximum absolute atomic E-state index is 13.6. The van der Waals surface area contributed by atoms with Gasteiger partial charge in [-0.25, -0.2) is 4.79 Å². The first-order valence-corrected chi connectivity index (χ1v) is 12.8. The number of hydrogen-bond donors (Lipinski definition) is 4. The molecule has 0 bridgehead atoms. The van der Waals surface area contributed by atoms with Gasteiger partial charge in [-0.2, -0.15) is 5.10 Å². The fourth-order valence-electron chi connectivity index (χ4n) is 5.08. The summed E-state index contributed by atoms with van der Waals surface area (Å²) < 4.78 is 5.52. The van der Waals surface area contributed by atoms with E-state index in [1.807, 2.05) is 27.9 Å². The molecule has 1 saturated heterocycles. The van der Waals surface area contributed by atoms with Gasteiger partial charge in [0.1, 0.15) is 0 Å². The Morgan fingerprint density at radius 2 is 1.89 bits per heavy atom. The van der Waals surface area contributed by atoms with Gasteiger partial charge in [-0.3, -0.25) is 14.7 Å². The van der Waals surface area contributed by atoms with E-state index in [1.165, 1.54) is 6.08 Å². The summed E-state index contributed by atoms with van der Waals surface area (Å²) in [5, 5.41) is 16.2. The van der Waals surface area contributed by atoms with E-state index >= 15 is 0 Å². The van der Waals surface area contributed by atoms with E-state index in [9.17, 15) is 14.4 Å². The van der Waals surface area contributed by atoms with Crippen molar-refractivity contribution in [1.82, 2.24) is 25.3 Å². The third-order valence-electron chi connectivity index (χ3n) is 7.25. The SMILES string of the molecule is C=CC(=O)Nc1ccc(C(=O)Nc2n[nH]c3c2CN(C(=O)N[C@H](CN(C)C)C2CCOCC2)C3(C)C)cc1. The molecule has 38 heavy (non-hydrogen) atoms. The van der Waals surface area contributed by atoms with Gasteiger partial charge < -0.3 is 30.5 Å². The Morgan fingerprint density at radius 1 is 1.21 bits per heavy atom. The number of carbonyl (C=O) groups excluding carboxylic acids is 3. The fourth-order valence-corrected chi connectivity index (χ4v) is 5.08. The number of amides is 4. The molecular weight excluding hydrogens is 486 g/mol. The van der Waals surface area contributed by atoms with Crippen LogP contribution in [-0.4, -0.2) is 77.7 Å². The fraction of sp³-hybridized carbons (Fsp3) is 0.481. The maximum Gasteiger partial charge on any atom is 0.318 e. The van der Waals surface area contributed by atoms with Gasteiger partial charge in [0.15, 0.2) is 5.82 Å². The average Bonchev–Trinajstić information content (AvgIpc) is 3.41. The number of nitrogens with one attached hydrogen (secondary N) is 4. The Balaban J connectivity index is 1.45. The zero-order valence-corrected chi connectivity index (χ0v) is 22.5. The number of fused-ring (bicyclic) bond motifs is 1. The molecule has 11 nitrogen and oxygen atoms in total. The minimum atomic E-state index is -0.640. The molecule has 3 heterocycles. The van der Waals surface area contributed by atoms with Crippen LogP contribution in [0.4, 0.5) is 16.3 Å². The van der Waals surface area contributed by atoms with Crippen molar-refractivity contribution in [2.24, 2.45) is 5.92 Å². The second kappa shape index (κ2) is 11.4. The van der Waals surface area contributed by atoms with E-state index in [0.29, 0.717) is 42.7 Å². The van der Waals surface area contributed by atoms with Crippen LogP contribution >= 0.6 is 0 Å². The van der Waals surface area contributed by atoms with Crippen LogP contribution in [0.5, 0.6) is 0 Å². The quantitative estimate of drug-likeness (QED) is 0.394. The smallest absolute Gasteiger partial charge is 0.318 e. The van der Waals surface area contributed by atoms with E-state index in [-0.39, 0.29) is 23.9 Å². The molecule has 2 aliphatic heterocycles. The maximum atomic E-state index is 13.6. The Hall–Kier alpha value is -3.70. The first kappa shape index (κ1) is 27.3. The van der Waals surface area contributed by atoms with Gasteiger partial charge in [-0.15, -0.1) is 0 Å². The highest BCUT2D eigenvalue weighted by Gasteiger charge is 2.44. The number of H-pyrrole nitrogens is 1. The summed E-state index contributed by atoms with van der Waals surface area (Å²) in [5.74, 6) is 0.0803. The Morgan fingerprint density at radius 3 is 2.53 bits per heavy atom. The zero-order chi connectivity index (χ0) is 27.4. The summed E-state index contributed by atoms with van der Waals surface area (Å²) in [7, 11) is 4.02. The van der Waals surface area contributed by atoms with Crippen LogP contribution in [0.25, 0.3) is 0 Å². The summed E-state index contributed by atoms with van der Waals surface area (Å²) in [6.45, 7) is 9.84. The highest BCUT2D eigenvalue weighted by Crippen LogP contribution is 2.40. The van der Waals surface area contributed by atoms with Crippen LogP contribution in [-0.2, 0) is 21.6 Å². The van der Waals surface area contributed by atoms with Crippen LogP contribution < -0.4 is 16.0 Å². The van der Waals surface area contributed by atoms with Crippen LogP contribution in [0.3, 0.4) is 0 Å². The first-order chi connectivity index (χ1) is 18.1. The Kier molecular flexibility index (Phi) is 8.17. The lowest BCUT2D eigenvalue weighted by Gasteiger charge is -2.37. The summed E-state index contributed by atoms with van der Waals surface area (Å²) in [6, 6.07) is 6.38. The second-order valence-electron chi connectivity index (χ2n) is 10.6. The van der Waals surface area contributed by atoms with Gasteiger partial charge in [0.2, 0.25) is 5.91 Å². The van der Waals surface area contributed by atoms with Crippen molar-refractivity contribution in [3.05, 3.63) is 53.7 Å². The number of aromatic amines is 1. The van der Waals surface area contributed by atoms with Crippen LogP contribution in [0, 0.1) is 5.92 Å². The average molecular weight is 524 g/mol. The Labute approximate surface area is 223 Å². The molecule has 0 saturated carbocycles. The number of hydrogen-bond acceptors (Lipinski definition) is 6. The second-order valence-corrected chi connectivity index (χ2v) is 10.6. The van der Waals surface area contributed by atoms with E-state index in [2.05, 4.69) is 37.6 Å². The third kappa shape index (κ3) is 5.89. The lowest BCUT2D eigenvalue weighted by atomic mass is 9.91. The molecule has 2 aromatic rings. The molecule has 11 heteroatoms. The van der Waals surface area contributed by atoms with Crippen molar-refractivity contribution in [3.8, 4) is 0 Å².